The average molecular weight is 778 g/mol. The summed E-state index contributed by atoms with van der Waals surface area (Å²) in [5.41, 5.74) is 6.86. The molecule has 0 bridgehead atoms. The second-order valence-corrected chi connectivity index (χ2v) is 17.8. The topological polar surface area (TPSA) is 94.9 Å². The number of aliphatic hydroxyl groups is 1. The van der Waals surface area contributed by atoms with E-state index >= 15 is 0 Å². The molecular weight excluding hydrogens is 718 g/mol. The molecule has 0 unspecified atom stereocenters. The molecular formula is C48H60ClN3O4. The molecule has 3 aromatic carbocycles. The van der Waals surface area contributed by atoms with Gasteiger partial charge in [-0.15, -0.1) is 0 Å². The van der Waals surface area contributed by atoms with Crippen LogP contribution in [0.15, 0.2) is 85.1 Å². The van der Waals surface area contributed by atoms with E-state index in [1.54, 1.807) is 12.1 Å². The average Bonchev–Trinajstić information content (AvgIpc) is 3.48. The lowest BCUT2D eigenvalue weighted by molar-refractivity contribution is -0.144. The lowest BCUT2D eigenvalue weighted by atomic mass is 9.59. The number of benzene rings is 3. The number of fused-ring (bicyclic) bond motifs is 3. The lowest BCUT2D eigenvalue weighted by Crippen LogP contribution is -2.53. The van der Waals surface area contributed by atoms with Crippen LogP contribution in [0.5, 0.6) is 5.75 Å². The van der Waals surface area contributed by atoms with E-state index < -0.39 is 17.6 Å². The Morgan fingerprint density at radius 3 is 2.61 bits per heavy atom. The molecule has 4 atom stereocenters. The van der Waals surface area contributed by atoms with Gasteiger partial charge in [0.05, 0.1) is 12.7 Å². The molecule has 8 heteroatoms. The van der Waals surface area contributed by atoms with Crippen LogP contribution in [0.25, 0.3) is 0 Å². The van der Waals surface area contributed by atoms with Crippen LogP contribution in [0.2, 0.25) is 5.02 Å². The second kappa shape index (κ2) is 17.7. The standard InChI is InChI=1S/C48H60ClN3O4/c1-33(32-56-44-20-25-50-42-17-9-11-34(2)45(42)44)27-38-28-36-18-19-37(43(53)31-52(3)26-8-7-14-35-12-5-4-6-13-35)29-41(36)47(38)21-23-48(24-22-47,46(54)55)51-40-16-10-15-39(49)30-40/h4-6,10,12-13,15-16,18-20,25,29-30,33-34,38,43,51,53H,7-9,11,14,17,21-24,26-28,31-32H2,1-3H3,(H,54,55)/t33-,34-,38+,43+,47?,48?/m1/s1. The van der Waals surface area contributed by atoms with Crippen LogP contribution in [-0.2, 0) is 29.5 Å². The maximum atomic E-state index is 13.1. The van der Waals surface area contributed by atoms with E-state index in [-0.39, 0.29) is 5.41 Å². The van der Waals surface area contributed by atoms with Crippen molar-refractivity contribution >= 4 is 23.3 Å². The number of aromatic nitrogens is 1. The van der Waals surface area contributed by atoms with Crippen molar-refractivity contribution in [2.75, 3.05) is 32.1 Å². The van der Waals surface area contributed by atoms with Gasteiger partial charge in [0.1, 0.15) is 11.3 Å². The number of aliphatic hydroxyl groups excluding tert-OH is 1. The van der Waals surface area contributed by atoms with Crippen molar-refractivity contribution in [2.45, 2.75) is 114 Å². The van der Waals surface area contributed by atoms with Crippen molar-refractivity contribution in [3.05, 3.63) is 124 Å². The number of pyridine rings is 1. The highest BCUT2D eigenvalue weighted by atomic mass is 35.5. The summed E-state index contributed by atoms with van der Waals surface area (Å²) < 4.78 is 6.61. The number of ether oxygens (including phenoxy) is 1. The number of anilines is 1. The number of nitrogens with zero attached hydrogens (tertiary/aromatic N) is 2. The van der Waals surface area contributed by atoms with Crippen molar-refractivity contribution < 1.29 is 19.7 Å². The van der Waals surface area contributed by atoms with E-state index in [1.807, 2.05) is 24.4 Å². The van der Waals surface area contributed by atoms with Gasteiger partial charge in [0.15, 0.2) is 0 Å². The normalized spacial score (nSPS) is 24.0. The van der Waals surface area contributed by atoms with Gasteiger partial charge in [-0.1, -0.05) is 80.0 Å². The van der Waals surface area contributed by atoms with Crippen molar-refractivity contribution in [1.29, 1.82) is 0 Å². The monoisotopic (exact) mass is 777 g/mol. The number of carbonyl (C=O) groups is 1. The summed E-state index contributed by atoms with van der Waals surface area (Å²) in [5.74, 6) is 1.24. The Balaban J connectivity index is 1.08. The van der Waals surface area contributed by atoms with Gasteiger partial charge in [0.2, 0.25) is 0 Å². The molecule has 1 heterocycles. The number of hydrogen-bond acceptors (Lipinski definition) is 6. The summed E-state index contributed by atoms with van der Waals surface area (Å²) in [6, 6.07) is 26.7. The van der Waals surface area contributed by atoms with Crippen LogP contribution < -0.4 is 10.1 Å². The van der Waals surface area contributed by atoms with Gasteiger partial charge >= 0.3 is 5.97 Å². The van der Waals surface area contributed by atoms with E-state index in [1.165, 1.54) is 40.8 Å². The summed E-state index contributed by atoms with van der Waals surface area (Å²) in [4.78, 5) is 20.0. The van der Waals surface area contributed by atoms with E-state index in [9.17, 15) is 15.0 Å². The predicted molar refractivity (Wildman–Crippen MR) is 226 cm³/mol. The number of aryl methyl sites for hydroxylation is 2. The molecule has 3 aliphatic carbocycles. The molecule has 1 fully saturated rings. The highest BCUT2D eigenvalue weighted by Gasteiger charge is 2.54. The molecule has 0 amide bonds. The quantitative estimate of drug-likeness (QED) is 0.0976. The van der Waals surface area contributed by atoms with E-state index in [0.29, 0.717) is 48.8 Å². The van der Waals surface area contributed by atoms with Gasteiger partial charge in [-0.3, -0.25) is 4.98 Å². The number of likely N-dealkylation sites (N-methyl/N-ethyl adjacent to an activating group) is 1. The molecule has 0 saturated heterocycles. The fraction of sp³-hybridized carbons (Fsp3) is 0.500. The first-order chi connectivity index (χ1) is 27.0. The molecule has 1 aromatic heterocycles. The fourth-order valence-electron chi connectivity index (χ4n) is 10.2. The number of carboxylic acid groups (broad SMARTS) is 1. The Hall–Kier alpha value is -3.91. The van der Waals surface area contributed by atoms with Crippen molar-refractivity contribution in [3.63, 3.8) is 0 Å². The Bertz CT molecular complexity index is 1940. The largest absolute Gasteiger partial charge is 0.493 e. The Labute approximate surface area is 338 Å². The molecule has 7 nitrogen and oxygen atoms in total. The number of rotatable bonds is 16. The number of aliphatic carboxylic acids is 1. The van der Waals surface area contributed by atoms with Crippen LogP contribution in [-0.4, -0.2) is 58.3 Å². The Morgan fingerprint density at radius 2 is 1.84 bits per heavy atom. The molecule has 0 aliphatic heterocycles. The zero-order chi connectivity index (χ0) is 39.3. The third kappa shape index (κ3) is 8.96. The van der Waals surface area contributed by atoms with Crippen LogP contribution >= 0.6 is 11.6 Å². The van der Waals surface area contributed by atoms with Gasteiger partial charge in [-0.2, -0.15) is 0 Å². The Kier molecular flexibility index (Phi) is 12.7. The number of nitrogens with one attached hydrogen (secondary N) is 1. The minimum Gasteiger partial charge on any atom is -0.493 e. The summed E-state index contributed by atoms with van der Waals surface area (Å²) >= 11 is 6.32. The molecule has 4 aromatic rings. The number of halogens is 1. The Morgan fingerprint density at radius 1 is 1.04 bits per heavy atom. The number of hydrogen-bond donors (Lipinski definition) is 3. The minimum atomic E-state index is -1.09. The summed E-state index contributed by atoms with van der Waals surface area (Å²) in [7, 11) is 2.10. The fourth-order valence-corrected chi connectivity index (χ4v) is 10.4. The smallest absolute Gasteiger partial charge is 0.329 e. The first-order valence-electron chi connectivity index (χ1n) is 21.0. The summed E-state index contributed by atoms with van der Waals surface area (Å²) in [5, 5.41) is 26.3. The first-order valence-corrected chi connectivity index (χ1v) is 21.3. The van der Waals surface area contributed by atoms with Crippen molar-refractivity contribution in [2.24, 2.45) is 11.8 Å². The lowest BCUT2D eigenvalue weighted by Gasteiger charge is -2.47. The van der Waals surface area contributed by atoms with E-state index in [2.05, 4.69) is 84.6 Å². The van der Waals surface area contributed by atoms with Crippen molar-refractivity contribution in [1.82, 2.24) is 9.88 Å². The summed E-state index contributed by atoms with van der Waals surface area (Å²) in [6.07, 6.45) is 12.3. The third-order valence-electron chi connectivity index (χ3n) is 13.3. The highest BCUT2D eigenvalue weighted by molar-refractivity contribution is 6.30. The molecule has 56 heavy (non-hydrogen) atoms. The van der Waals surface area contributed by atoms with Gasteiger partial charge in [0.25, 0.3) is 0 Å². The van der Waals surface area contributed by atoms with E-state index in [4.69, 9.17) is 16.3 Å². The molecule has 298 valence electrons. The molecule has 0 radical (unpaired) electrons. The van der Waals surface area contributed by atoms with Crippen LogP contribution in [0.4, 0.5) is 5.69 Å². The molecule has 7 rings (SSSR count). The van der Waals surface area contributed by atoms with Crippen LogP contribution in [0, 0.1) is 11.8 Å². The number of carboxylic acids is 1. The maximum absolute atomic E-state index is 13.1. The third-order valence-corrected chi connectivity index (χ3v) is 13.5. The van der Waals surface area contributed by atoms with Crippen LogP contribution in [0.3, 0.4) is 0 Å². The molecule has 1 saturated carbocycles. The van der Waals surface area contributed by atoms with Gasteiger partial charge < -0.3 is 25.2 Å². The first kappa shape index (κ1) is 40.3. The van der Waals surface area contributed by atoms with Gasteiger partial charge in [0, 0.05) is 34.7 Å². The zero-order valence-electron chi connectivity index (χ0n) is 33.5. The second-order valence-electron chi connectivity index (χ2n) is 17.3. The number of unbranched alkanes of at least 4 members (excludes halogenated alkanes) is 1. The van der Waals surface area contributed by atoms with E-state index in [0.717, 1.165) is 74.9 Å². The molecule has 3 aliphatic rings. The van der Waals surface area contributed by atoms with Gasteiger partial charge in [-0.05, 0) is 160 Å². The maximum Gasteiger partial charge on any atom is 0.329 e. The summed E-state index contributed by atoms with van der Waals surface area (Å²) in [6.45, 7) is 6.71. The predicted octanol–water partition coefficient (Wildman–Crippen LogP) is 10.2. The zero-order valence-corrected chi connectivity index (χ0v) is 34.2. The minimum absolute atomic E-state index is 0.192. The van der Waals surface area contributed by atoms with Gasteiger partial charge in [-0.25, -0.2) is 4.79 Å². The SMILES string of the molecule is C[C@@H](COc1ccnc2c1[C@H](C)CCC2)C[C@H]1Cc2ccc([C@@H](O)CN(C)CCCCc3ccccc3)cc2C12CCC(Nc1cccc(Cl)c1)(C(=O)O)CC2. The molecule has 3 N–H and O–H groups in total. The molecule has 1 spiro atoms. The van der Waals surface area contributed by atoms with Crippen molar-refractivity contribution in [3.8, 4) is 5.75 Å². The highest BCUT2D eigenvalue weighted by Crippen LogP contribution is 2.56. The van der Waals surface area contributed by atoms with Crippen LogP contribution in [0.1, 0.15) is 117 Å².